The van der Waals surface area contributed by atoms with Gasteiger partial charge in [-0.2, -0.15) is 0 Å². The van der Waals surface area contributed by atoms with Crippen molar-refractivity contribution in [2.45, 2.75) is 32.8 Å². The van der Waals surface area contributed by atoms with Gasteiger partial charge in [0.05, 0.1) is 5.92 Å². The Bertz CT molecular complexity index is 386. The molecule has 98 valence electrons. The Morgan fingerprint density at radius 3 is 2.56 bits per heavy atom. The lowest BCUT2D eigenvalue weighted by molar-refractivity contribution is -0.150. The van der Waals surface area contributed by atoms with Crippen molar-refractivity contribution in [1.82, 2.24) is 0 Å². The summed E-state index contributed by atoms with van der Waals surface area (Å²) in [5.41, 5.74) is 0.948. The first kappa shape index (κ1) is 14.2. The number of hydrogen-bond donors (Lipinski definition) is 1. The molecule has 18 heavy (non-hydrogen) atoms. The van der Waals surface area contributed by atoms with Crippen LogP contribution in [-0.4, -0.2) is 17.0 Å². The van der Waals surface area contributed by atoms with Crippen LogP contribution in [0.3, 0.4) is 0 Å². The summed E-state index contributed by atoms with van der Waals surface area (Å²) >= 11 is 0. The second-order valence-corrected chi connectivity index (χ2v) is 4.28. The minimum Gasteiger partial charge on any atom is -0.481 e. The fraction of sp³-hybridized carbons (Fsp3) is 0.429. The fourth-order valence-electron chi connectivity index (χ4n) is 1.55. The number of hydrogen-bond acceptors (Lipinski definition) is 3. The van der Waals surface area contributed by atoms with Crippen LogP contribution in [0.4, 0.5) is 0 Å². The molecule has 0 spiro atoms. The third-order valence-electron chi connectivity index (χ3n) is 2.65. The zero-order valence-electron chi connectivity index (χ0n) is 10.5. The smallest absolute Gasteiger partial charge is 0.308 e. The molecule has 0 aliphatic rings. The summed E-state index contributed by atoms with van der Waals surface area (Å²) in [5, 5.41) is 8.50. The lowest BCUT2D eigenvalue weighted by Crippen LogP contribution is -2.15. The van der Waals surface area contributed by atoms with Crippen LogP contribution >= 0.6 is 0 Å². The van der Waals surface area contributed by atoms with Crippen molar-refractivity contribution >= 4 is 11.9 Å². The zero-order chi connectivity index (χ0) is 13.4. The van der Waals surface area contributed by atoms with E-state index < -0.39 is 5.97 Å². The SMILES string of the molecule is C[C@H](CCCC(=O)O)C(=O)OCc1ccccc1. The van der Waals surface area contributed by atoms with Crippen LogP contribution < -0.4 is 0 Å². The van der Waals surface area contributed by atoms with E-state index in [1.54, 1.807) is 6.92 Å². The maximum Gasteiger partial charge on any atom is 0.308 e. The number of carbonyl (C=O) groups excluding carboxylic acids is 1. The first-order valence-electron chi connectivity index (χ1n) is 6.02. The van der Waals surface area contributed by atoms with Gasteiger partial charge in [0.1, 0.15) is 6.61 Å². The van der Waals surface area contributed by atoms with Gasteiger partial charge in [-0.15, -0.1) is 0 Å². The maximum atomic E-state index is 11.6. The predicted molar refractivity (Wildman–Crippen MR) is 66.9 cm³/mol. The molecule has 0 bridgehead atoms. The van der Waals surface area contributed by atoms with Crippen LogP contribution in [0, 0.1) is 5.92 Å². The number of benzene rings is 1. The minimum atomic E-state index is -0.833. The van der Waals surface area contributed by atoms with Gasteiger partial charge in [0.25, 0.3) is 0 Å². The molecule has 0 aromatic heterocycles. The fourth-order valence-corrected chi connectivity index (χ4v) is 1.55. The molecule has 4 heteroatoms. The topological polar surface area (TPSA) is 63.6 Å². The van der Waals surface area contributed by atoms with Crippen molar-refractivity contribution in [3.63, 3.8) is 0 Å². The number of rotatable bonds is 7. The van der Waals surface area contributed by atoms with E-state index in [-0.39, 0.29) is 24.9 Å². The Labute approximate surface area is 107 Å². The molecule has 1 aromatic rings. The van der Waals surface area contributed by atoms with Gasteiger partial charge in [-0.1, -0.05) is 37.3 Å². The third-order valence-corrected chi connectivity index (χ3v) is 2.65. The predicted octanol–water partition coefficient (Wildman–Crippen LogP) is 2.62. The Balaban J connectivity index is 2.25. The number of ether oxygens (including phenoxy) is 1. The van der Waals surface area contributed by atoms with Crippen molar-refractivity contribution in [2.24, 2.45) is 5.92 Å². The number of carboxylic acids is 1. The third kappa shape index (κ3) is 5.48. The van der Waals surface area contributed by atoms with Crippen LogP contribution in [0.5, 0.6) is 0 Å². The van der Waals surface area contributed by atoms with Crippen LogP contribution in [0.15, 0.2) is 30.3 Å². The van der Waals surface area contributed by atoms with Crippen LogP contribution in [0.25, 0.3) is 0 Å². The molecule has 0 saturated heterocycles. The van der Waals surface area contributed by atoms with Gasteiger partial charge in [-0.05, 0) is 18.4 Å². The lowest BCUT2D eigenvalue weighted by Gasteiger charge is -2.10. The Morgan fingerprint density at radius 1 is 1.28 bits per heavy atom. The molecule has 0 fully saturated rings. The average Bonchev–Trinajstić information content (AvgIpc) is 2.36. The maximum absolute atomic E-state index is 11.6. The molecule has 1 aromatic carbocycles. The van der Waals surface area contributed by atoms with Gasteiger partial charge in [-0.25, -0.2) is 0 Å². The molecule has 0 saturated carbocycles. The monoisotopic (exact) mass is 250 g/mol. The van der Waals surface area contributed by atoms with E-state index in [1.165, 1.54) is 0 Å². The molecule has 0 aliphatic heterocycles. The quantitative estimate of drug-likeness (QED) is 0.755. The summed E-state index contributed by atoms with van der Waals surface area (Å²) in [6.07, 6.45) is 1.13. The normalized spacial score (nSPS) is 11.8. The van der Waals surface area contributed by atoms with Crippen LogP contribution in [0.2, 0.25) is 0 Å². The largest absolute Gasteiger partial charge is 0.481 e. The molecule has 0 unspecified atom stereocenters. The first-order valence-corrected chi connectivity index (χ1v) is 6.02. The first-order chi connectivity index (χ1) is 8.59. The van der Waals surface area contributed by atoms with Gasteiger partial charge in [0.2, 0.25) is 0 Å². The Hall–Kier alpha value is -1.84. The van der Waals surface area contributed by atoms with Crippen molar-refractivity contribution in [3.8, 4) is 0 Å². The molecule has 0 aliphatic carbocycles. The second-order valence-electron chi connectivity index (χ2n) is 4.28. The van der Waals surface area contributed by atoms with E-state index in [9.17, 15) is 9.59 Å². The molecular weight excluding hydrogens is 232 g/mol. The average molecular weight is 250 g/mol. The summed E-state index contributed by atoms with van der Waals surface area (Å²) in [6, 6.07) is 9.46. The Morgan fingerprint density at radius 2 is 1.94 bits per heavy atom. The summed E-state index contributed by atoms with van der Waals surface area (Å²) in [6.45, 7) is 2.03. The molecule has 1 atom stereocenters. The van der Waals surface area contributed by atoms with Crippen LogP contribution in [-0.2, 0) is 20.9 Å². The zero-order valence-corrected chi connectivity index (χ0v) is 10.5. The summed E-state index contributed by atoms with van der Waals surface area (Å²) < 4.78 is 5.16. The second kappa shape index (κ2) is 7.48. The van der Waals surface area contributed by atoms with Gasteiger partial charge in [0, 0.05) is 6.42 Å². The van der Waals surface area contributed by atoms with E-state index in [0.29, 0.717) is 12.8 Å². The van der Waals surface area contributed by atoms with Gasteiger partial charge >= 0.3 is 11.9 Å². The molecular formula is C14H18O4. The minimum absolute atomic E-state index is 0.0936. The number of carbonyl (C=O) groups is 2. The van der Waals surface area contributed by atoms with E-state index in [1.807, 2.05) is 30.3 Å². The Kier molecular flexibility index (Phi) is 5.91. The van der Waals surface area contributed by atoms with Gasteiger partial charge < -0.3 is 9.84 Å². The van der Waals surface area contributed by atoms with Crippen molar-refractivity contribution in [3.05, 3.63) is 35.9 Å². The molecule has 1 N–H and O–H groups in total. The molecule has 4 nitrogen and oxygen atoms in total. The van der Waals surface area contributed by atoms with E-state index >= 15 is 0 Å². The summed E-state index contributed by atoms with van der Waals surface area (Å²) in [7, 11) is 0. The lowest BCUT2D eigenvalue weighted by atomic mass is 10.0. The highest BCUT2D eigenvalue weighted by Crippen LogP contribution is 2.11. The molecule has 0 amide bonds. The van der Waals surface area contributed by atoms with Gasteiger partial charge in [-0.3, -0.25) is 9.59 Å². The molecule has 1 rings (SSSR count). The van der Waals surface area contributed by atoms with Crippen molar-refractivity contribution in [2.75, 3.05) is 0 Å². The van der Waals surface area contributed by atoms with Crippen LogP contribution in [0.1, 0.15) is 31.7 Å². The number of esters is 1. The standard InChI is InChI=1S/C14H18O4/c1-11(6-5-9-13(15)16)14(17)18-10-12-7-3-2-4-8-12/h2-4,7-8,11H,5-6,9-10H2,1H3,(H,15,16)/t11-/m1/s1. The molecule has 0 radical (unpaired) electrons. The van der Waals surface area contributed by atoms with Gasteiger partial charge in [0.15, 0.2) is 0 Å². The highest BCUT2D eigenvalue weighted by molar-refractivity contribution is 5.72. The summed E-state index contributed by atoms with van der Waals surface area (Å²) in [5.74, 6) is -1.36. The number of carboxylic acid groups (broad SMARTS) is 1. The number of aliphatic carboxylic acids is 1. The molecule has 0 heterocycles. The van der Waals surface area contributed by atoms with E-state index in [0.717, 1.165) is 5.56 Å². The van der Waals surface area contributed by atoms with E-state index in [2.05, 4.69) is 0 Å². The van der Waals surface area contributed by atoms with E-state index in [4.69, 9.17) is 9.84 Å². The van der Waals surface area contributed by atoms with Crippen molar-refractivity contribution in [1.29, 1.82) is 0 Å². The summed E-state index contributed by atoms with van der Waals surface area (Å²) in [4.78, 5) is 22.0. The highest BCUT2D eigenvalue weighted by atomic mass is 16.5. The van der Waals surface area contributed by atoms with Crippen molar-refractivity contribution < 1.29 is 19.4 Å². The highest BCUT2D eigenvalue weighted by Gasteiger charge is 2.14.